The maximum atomic E-state index is 11.0. The fourth-order valence-electron chi connectivity index (χ4n) is 2.04. The lowest BCUT2D eigenvalue weighted by Crippen LogP contribution is -2.17. The number of ketones is 1. The van der Waals surface area contributed by atoms with Gasteiger partial charge < -0.3 is 4.74 Å². The molecule has 2 unspecified atom stereocenters. The molecule has 1 saturated carbocycles. The van der Waals surface area contributed by atoms with Crippen LogP contribution in [0.4, 0.5) is 0 Å². The van der Waals surface area contributed by atoms with Crippen molar-refractivity contribution in [1.82, 2.24) is 0 Å². The van der Waals surface area contributed by atoms with Gasteiger partial charge in [0.1, 0.15) is 11.9 Å². The summed E-state index contributed by atoms with van der Waals surface area (Å²) >= 11 is 0. The molecule has 0 radical (unpaired) electrons. The van der Waals surface area contributed by atoms with Crippen molar-refractivity contribution in [2.75, 3.05) is 0 Å². The Morgan fingerprint density at radius 3 is 2.50 bits per heavy atom. The fourth-order valence-corrected chi connectivity index (χ4v) is 2.04. The molecule has 1 heterocycles. The van der Waals surface area contributed by atoms with Crippen LogP contribution < -0.4 is 0 Å². The second-order valence-corrected chi connectivity index (χ2v) is 3.61. The molecule has 0 amide bonds. The highest BCUT2D eigenvalue weighted by Gasteiger charge is 2.35. The van der Waals surface area contributed by atoms with Crippen LogP contribution in [0.25, 0.3) is 0 Å². The van der Waals surface area contributed by atoms with Crippen molar-refractivity contribution in [2.24, 2.45) is 5.92 Å². The van der Waals surface area contributed by atoms with E-state index in [4.69, 9.17) is 4.74 Å². The van der Waals surface area contributed by atoms with Gasteiger partial charge in [0, 0.05) is 25.2 Å². The summed E-state index contributed by atoms with van der Waals surface area (Å²) in [6.45, 7) is 0. The standard InChI is InChI=1S/C9H12O3/c10-7-2-1-6(5-7)8-3-4-9(11)12-8/h6,8H,1-5H2. The van der Waals surface area contributed by atoms with Gasteiger partial charge in [0.25, 0.3) is 0 Å². The second kappa shape index (κ2) is 2.88. The van der Waals surface area contributed by atoms with Gasteiger partial charge in [0.2, 0.25) is 0 Å². The van der Waals surface area contributed by atoms with Gasteiger partial charge in [-0.3, -0.25) is 9.59 Å². The lowest BCUT2D eigenvalue weighted by molar-refractivity contribution is -0.143. The zero-order chi connectivity index (χ0) is 8.55. The predicted molar refractivity (Wildman–Crippen MR) is 41.5 cm³/mol. The van der Waals surface area contributed by atoms with E-state index in [0.29, 0.717) is 31.0 Å². The van der Waals surface area contributed by atoms with Crippen molar-refractivity contribution in [3.05, 3.63) is 0 Å². The summed E-state index contributed by atoms with van der Waals surface area (Å²) in [6, 6.07) is 0. The number of cyclic esters (lactones) is 1. The van der Waals surface area contributed by atoms with Gasteiger partial charge in [-0.05, 0) is 12.8 Å². The zero-order valence-corrected chi connectivity index (χ0v) is 6.91. The van der Waals surface area contributed by atoms with E-state index < -0.39 is 0 Å². The van der Waals surface area contributed by atoms with E-state index in [0.717, 1.165) is 12.8 Å². The van der Waals surface area contributed by atoms with Crippen LogP contribution in [0.3, 0.4) is 0 Å². The van der Waals surface area contributed by atoms with Crippen molar-refractivity contribution < 1.29 is 14.3 Å². The number of carbonyl (C=O) groups excluding carboxylic acids is 2. The van der Waals surface area contributed by atoms with Crippen LogP contribution in [-0.4, -0.2) is 17.9 Å². The molecular weight excluding hydrogens is 156 g/mol. The molecule has 0 aromatic carbocycles. The molecule has 0 aromatic rings. The third-order valence-corrected chi connectivity index (χ3v) is 2.73. The maximum absolute atomic E-state index is 11.0. The third kappa shape index (κ3) is 1.36. The number of rotatable bonds is 1. The van der Waals surface area contributed by atoms with Crippen LogP contribution >= 0.6 is 0 Å². The summed E-state index contributed by atoms with van der Waals surface area (Å²) < 4.78 is 5.10. The van der Waals surface area contributed by atoms with Gasteiger partial charge in [-0.25, -0.2) is 0 Å². The Labute approximate surface area is 71.1 Å². The van der Waals surface area contributed by atoms with Crippen LogP contribution in [-0.2, 0) is 14.3 Å². The predicted octanol–water partition coefficient (Wildman–Crippen LogP) is 1.06. The first kappa shape index (κ1) is 7.77. The molecule has 66 valence electrons. The minimum Gasteiger partial charge on any atom is -0.462 e. The minimum atomic E-state index is -0.0978. The highest BCUT2D eigenvalue weighted by atomic mass is 16.5. The maximum Gasteiger partial charge on any atom is 0.306 e. The number of hydrogen-bond acceptors (Lipinski definition) is 3. The van der Waals surface area contributed by atoms with Gasteiger partial charge >= 0.3 is 5.97 Å². The number of esters is 1. The Bertz CT molecular complexity index is 198. The molecule has 0 aromatic heterocycles. The molecule has 2 fully saturated rings. The molecule has 2 atom stereocenters. The Hall–Kier alpha value is -0.860. The SMILES string of the molecule is O=C1CCC(C2CCC(=O)O2)C1. The first-order valence-electron chi connectivity index (χ1n) is 4.47. The lowest BCUT2D eigenvalue weighted by Gasteiger charge is -2.14. The first-order chi connectivity index (χ1) is 5.75. The van der Waals surface area contributed by atoms with E-state index >= 15 is 0 Å². The zero-order valence-electron chi connectivity index (χ0n) is 6.91. The number of hydrogen-bond donors (Lipinski definition) is 0. The molecule has 3 heteroatoms. The first-order valence-corrected chi connectivity index (χ1v) is 4.47. The Balaban J connectivity index is 1.93. The van der Waals surface area contributed by atoms with Crippen molar-refractivity contribution in [1.29, 1.82) is 0 Å². The number of carbonyl (C=O) groups is 2. The quantitative estimate of drug-likeness (QED) is 0.550. The van der Waals surface area contributed by atoms with Crippen molar-refractivity contribution in [2.45, 2.75) is 38.2 Å². The molecule has 0 N–H and O–H groups in total. The monoisotopic (exact) mass is 168 g/mol. The van der Waals surface area contributed by atoms with Gasteiger partial charge in [0.05, 0.1) is 0 Å². The summed E-state index contributed by atoms with van der Waals surface area (Å²) in [5.41, 5.74) is 0. The van der Waals surface area contributed by atoms with Crippen LogP contribution in [0.5, 0.6) is 0 Å². The van der Waals surface area contributed by atoms with Gasteiger partial charge in [0.15, 0.2) is 0 Å². The third-order valence-electron chi connectivity index (χ3n) is 2.73. The second-order valence-electron chi connectivity index (χ2n) is 3.61. The number of ether oxygens (including phenoxy) is 1. The molecule has 1 saturated heterocycles. The molecule has 3 nitrogen and oxygen atoms in total. The van der Waals surface area contributed by atoms with Crippen molar-refractivity contribution in [3.8, 4) is 0 Å². The normalized spacial score (nSPS) is 35.7. The average molecular weight is 168 g/mol. The minimum absolute atomic E-state index is 0.0453. The van der Waals surface area contributed by atoms with Gasteiger partial charge in [-0.15, -0.1) is 0 Å². The van der Waals surface area contributed by atoms with Crippen LogP contribution in [0.2, 0.25) is 0 Å². The van der Waals surface area contributed by atoms with E-state index in [1.165, 1.54) is 0 Å². The Morgan fingerprint density at radius 2 is 2.00 bits per heavy atom. The highest BCUT2D eigenvalue weighted by molar-refractivity contribution is 5.81. The summed E-state index contributed by atoms with van der Waals surface area (Å²) in [4.78, 5) is 21.7. The lowest BCUT2D eigenvalue weighted by atomic mass is 9.99. The molecule has 12 heavy (non-hydrogen) atoms. The van der Waals surface area contributed by atoms with Crippen LogP contribution in [0.1, 0.15) is 32.1 Å². The van der Waals surface area contributed by atoms with Crippen molar-refractivity contribution in [3.63, 3.8) is 0 Å². The van der Waals surface area contributed by atoms with E-state index in [9.17, 15) is 9.59 Å². The van der Waals surface area contributed by atoms with Gasteiger partial charge in [-0.2, -0.15) is 0 Å². The topological polar surface area (TPSA) is 43.4 Å². The van der Waals surface area contributed by atoms with Gasteiger partial charge in [-0.1, -0.05) is 0 Å². The van der Waals surface area contributed by atoms with Crippen LogP contribution in [0, 0.1) is 5.92 Å². The van der Waals surface area contributed by atoms with E-state index in [1.54, 1.807) is 0 Å². The molecule has 1 aliphatic carbocycles. The molecular formula is C9H12O3. The van der Waals surface area contributed by atoms with E-state index in [-0.39, 0.29) is 12.1 Å². The Morgan fingerprint density at radius 1 is 1.17 bits per heavy atom. The van der Waals surface area contributed by atoms with E-state index in [2.05, 4.69) is 0 Å². The van der Waals surface area contributed by atoms with Crippen molar-refractivity contribution >= 4 is 11.8 Å². The summed E-state index contributed by atoms with van der Waals surface area (Å²) in [6.07, 6.45) is 3.61. The molecule has 0 spiro atoms. The fraction of sp³-hybridized carbons (Fsp3) is 0.778. The molecule has 2 rings (SSSR count). The molecule has 1 aliphatic heterocycles. The van der Waals surface area contributed by atoms with Crippen LogP contribution in [0.15, 0.2) is 0 Å². The summed E-state index contributed by atoms with van der Waals surface area (Å²) in [5, 5.41) is 0. The number of Topliss-reactive ketones (excluding diaryl/α,β-unsaturated/α-hetero) is 1. The highest BCUT2D eigenvalue weighted by Crippen LogP contribution is 2.32. The molecule has 2 aliphatic rings. The van der Waals surface area contributed by atoms with E-state index in [1.807, 2.05) is 0 Å². The average Bonchev–Trinajstić information content (AvgIpc) is 2.58. The largest absolute Gasteiger partial charge is 0.462 e. The summed E-state index contributed by atoms with van der Waals surface area (Å²) in [7, 11) is 0. The summed E-state index contributed by atoms with van der Waals surface area (Å²) in [5.74, 6) is 0.547. The molecule has 0 bridgehead atoms. The smallest absolute Gasteiger partial charge is 0.306 e. The Kier molecular flexibility index (Phi) is 1.87.